The molecule has 1 unspecified atom stereocenters. The highest BCUT2D eigenvalue weighted by Gasteiger charge is 2.19. The van der Waals surface area contributed by atoms with Gasteiger partial charge in [-0.2, -0.15) is 5.10 Å². The van der Waals surface area contributed by atoms with E-state index in [0.29, 0.717) is 6.61 Å². The first-order valence-electron chi connectivity index (χ1n) is 6.43. The van der Waals surface area contributed by atoms with Crippen LogP contribution in [-0.2, 0) is 7.05 Å². The fourth-order valence-corrected chi connectivity index (χ4v) is 2.06. The van der Waals surface area contributed by atoms with Gasteiger partial charge >= 0.3 is 0 Å². The Morgan fingerprint density at radius 2 is 2.16 bits per heavy atom. The van der Waals surface area contributed by atoms with Gasteiger partial charge in [-0.1, -0.05) is 25.1 Å². The summed E-state index contributed by atoms with van der Waals surface area (Å²) in [5.41, 5.74) is 4.85. The van der Waals surface area contributed by atoms with E-state index in [2.05, 4.69) is 17.4 Å². The molecule has 0 saturated heterocycles. The zero-order chi connectivity index (χ0) is 13.7. The molecule has 1 aromatic carbocycles. The van der Waals surface area contributed by atoms with E-state index >= 15 is 0 Å². The van der Waals surface area contributed by atoms with Crippen LogP contribution in [0, 0.1) is 0 Å². The molecule has 1 heterocycles. The zero-order valence-electron chi connectivity index (χ0n) is 11.3. The minimum absolute atomic E-state index is 0.138. The van der Waals surface area contributed by atoms with Crippen molar-refractivity contribution in [2.45, 2.75) is 19.4 Å². The van der Waals surface area contributed by atoms with Gasteiger partial charge in [0.15, 0.2) is 0 Å². The maximum atomic E-state index is 5.78. The van der Waals surface area contributed by atoms with Gasteiger partial charge in [-0.3, -0.25) is 10.5 Å². The number of hydrogen-bond donors (Lipinski definition) is 2. The lowest BCUT2D eigenvalue weighted by Gasteiger charge is -2.20. The Balaban J connectivity index is 2.35. The van der Waals surface area contributed by atoms with E-state index in [1.165, 1.54) is 0 Å². The molecule has 0 aliphatic heterocycles. The van der Waals surface area contributed by atoms with E-state index in [-0.39, 0.29) is 6.04 Å². The van der Waals surface area contributed by atoms with Gasteiger partial charge in [0, 0.05) is 18.8 Å². The number of nitrogens with zero attached hydrogens (tertiary/aromatic N) is 2. The van der Waals surface area contributed by atoms with Crippen molar-refractivity contribution in [2.24, 2.45) is 12.9 Å². The summed E-state index contributed by atoms with van der Waals surface area (Å²) in [7, 11) is 1.90. The lowest BCUT2D eigenvalue weighted by Crippen LogP contribution is -2.30. The molecule has 19 heavy (non-hydrogen) atoms. The van der Waals surface area contributed by atoms with Crippen molar-refractivity contribution >= 4 is 0 Å². The highest BCUT2D eigenvalue weighted by atomic mass is 16.5. The first-order chi connectivity index (χ1) is 9.27. The average Bonchev–Trinajstić information content (AvgIpc) is 2.85. The SMILES string of the molecule is CCCOc1ccccc1C(NN)c1ccnn1C. The van der Waals surface area contributed by atoms with E-state index in [0.717, 1.165) is 23.4 Å². The molecule has 3 N–H and O–H groups in total. The Hall–Kier alpha value is -1.85. The topological polar surface area (TPSA) is 65.1 Å². The van der Waals surface area contributed by atoms with Crippen LogP contribution in [-0.4, -0.2) is 16.4 Å². The Morgan fingerprint density at radius 1 is 1.37 bits per heavy atom. The predicted octanol–water partition coefficient (Wildman–Crippen LogP) is 1.76. The summed E-state index contributed by atoms with van der Waals surface area (Å²) in [5.74, 6) is 6.57. The monoisotopic (exact) mass is 260 g/mol. The Kier molecular flexibility index (Phi) is 4.54. The van der Waals surface area contributed by atoms with Crippen LogP contribution in [0.3, 0.4) is 0 Å². The van der Waals surface area contributed by atoms with Crippen LogP contribution in [0.1, 0.15) is 30.6 Å². The number of ether oxygens (including phenoxy) is 1. The van der Waals surface area contributed by atoms with Crippen molar-refractivity contribution < 1.29 is 4.74 Å². The summed E-state index contributed by atoms with van der Waals surface area (Å²) in [6.45, 7) is 2.78. The van der Waals surface area contributed by atoms with Crippen LogP contribution >= 0.6 is 0 Å². The van der Waals surface area contributed by atoms with Gasteiger partial charge in [-0.25, -0.2) is 5.43 Å². The van der Waals surface area contributed by atoms with Gasteiger partial charge in [-0.05, 0) is 18.6 Å². The minimum Gasteiger partial charge on any atom is -0.493 e. The standard InChI is InChI=1S/C14H20N4O/c1-3-10-19-13-7-5-4-6-11(13)14(17-15)12-8-9-16-18(12)2/h4-9,14,17H,3,10,15H2,1-2H3. The summed E-state index contributed by atoms with van der Waals surface area (Å²) in [6, 6.07) is 9.73. The van der Waals surface area contributed by atoms with Gasteiger partial charge in [0.05, 0.1) is 18.3 Å². The quantitative estimate of drug-likeness (QED) is 0.613. The van der Waals surface area contributed by atoms with Crippen molar-refractivity contribution in [1.29, 1.82) is 0 Å². The van der Waals surface area contributed by atoms with E-state index in [9.17, 15) is 0 Å². The number of hydrogen-bond acceptors (Lipinski definition) is 4. The van der Waals surface area contributed by atoms with Crippen molar-refractivity contribution in [3.63, 3.8) is 0 Å². The third kappa shape index (κ3) is 2.94. The molecular weight excluding hydrogens is 240 g/mol. The minimum atomic E-state index is -0.138. The number of hydrazine groups is 1. The van der Waals surface area contributed by atoms with E-state index < -0.39 is 0 Å². The largest absolute Gasteiger partial charge is 0.493 e. The fraction of sp³-hybridized carbons (Fsp3) is 0.357. The van der Waals surface area contributed by atoms with Crippen LogP contribution in [0.15, 0.2) is 36.5 Å². The molecule has 0 bridgehead atoms. The molecule has 0 aliphatic carbocycles. The summed E-state index contributed by atoms with van der Waals surface area (Å²) in [5, 5.41) is 4.18. The molecule has 5 nitrogen and oxygen atoms in total. The fourth-order valence-electron chi connectivity index (χ4n) is 2.06. The summed E-state index contributed by atoms with van der Waals surface area (Å²) < 4.78 is 7.59. The van der Waals surface area contributed by atoms with Crippen LogP contribution in [0.25, 0.3) is 0 Å². The number of rotatable bonds is 6. The second-order valence-electron chi connectivity index (χ2n) is 4.37. The van der Waals surface area contributed by atoms with Crippen LogP contribution in [0.5, 0.6) is 5.75 Å². The van der Waals surface area contributed by atoms with Gasteiger partial charge < -0.3 is 4.74 Å². The summed E-state index contributed by atoms with van der Waals surface area (Å²) >= 11 is 0. The molecule has 0 spiro atoms. The maximum absolute atomic E-state index is 5.78. The molecule has 1 atom stereocenters. The molecule has 5 heteroatoms. The van der Waals surface area contributed by atoms with Gasteiger partial charge in [-0.15, -0.1) is 0 Å². The zero-order valence-corrected chi connectivity index (χ0v) is 11.3. The number of nitrogens with two attached hydrogens (primary N) is 1. The van der Waals surface area contributed by atoms with E-state index in [4.69, 9.17) is 10.6 Å². The van der Waals surface area contributed by atoms with Crippen LogP contribution < -0.4 is 16.0 Å². The molecule has 1 aromatic heterocycles. The normalized spacial score (nSPS) is 12.4. The molecule has 0 aliphatic rings. The lowest BCUT2D eigenvalue weighted by atomic mass is 10.0. The molecule has 0 fully saturated rings. The molecule has 0 radical (unpaired) electrons. The first kappa shape index (κ1) is 13.6. The highest BCUT2D eigenvalue weighted by Crippen LogP contribution is 2.29. The number of nitrogens with one attached hydrogen (secondary N) is 1. The first-order valence-corrected chi connectivity index (χ1v) is 6.43. The lowest BCUT2D eigenvalue weighted by molar-refractivity contribution is 0.311. The third-order valence-electron chi connectivity index (χ3n) is 3.01. The second-order valence-corrected chi connectivity index (χ2v) is 4.37. The number of para-hydroxylation sites is 1. The van der Waals surface area contributed by atoms with E-state index in [1.54, 1.807) is 10.9 Å². The van der Waals surface area contributed by atoms with Crippen molar-refractivity contribution in [3.05, 3.63) is 47.8 Å². The van der Waals surface area contributed by atoms with Gasteiger partial charge in [0.1, 0.15) is 5.75 Å². The van der Waals surface area contributed by atoms with Gasteiger partial charge in [0.25, 0.3) is 0 Å². The molecular formula is C14H20N4O. The van der Waals surface area contributed by atoms with Crippen molar-refractivity contribution in [1.82, 2.24) is 15.2 Å². The molecule has 2 rings (SSSR count). The molecule has 0 saturated carbocycles. The highest BCUT2D eigenvalue weighted by molar-refractivity contribution is 5.39. The predicted molar refractivity (Wildman–Crippen MR) is 74.6 cm³/mol. The van der Waals surface area contributed by atoms with Crippen LogP contribution in [0.4, 0.5) is 0 Å². The number of aromatic nitrogens is 2. The van der Waals surface area contributed by atoms with E-state index in [1.807, 2.05) is 37.4 Å². The maximum Gasteiger partial charge on any atom is 0.124 e. The van der Waals surface area contributed by atoms with Crippen LogP contribution in [0.2, 0.25) is 0 Å². The van der Waals surface area contributed by atoms with Crippen molar-refractivity contribution in [3.8, 4) is 5.75 Å². The van der Waals surface area contributed by atoms with Gasteiger partial charge in [0.2, 0.25) is 0 Å². The molecule has 102 valence electrons. The molecule has 2 aromatic rings. The Bertz CT molecular complexity index is 524. The summed E-state index contributed by atoms with van der Waals surface area (Å²) in [6.07, 6.45) is 2.73. The third-order valence-corrected chi connectivity index (χ3v) is 3.01. The smallest absolute Gasteiger partial charge is 0.124 e. The number of benzene rings is 1. The molecule has 0 amide bonds. The van der Waals surface area contributed by atoms with Crippen molar-refractivity contribution in [2.75, 3.05) is 6.61 Å². The average molecular weight is 260 g/mol. The Morgan fingerprint density at radius 3 is 2.79 bits per heavy atom. The second kappa shape index (κ2) is 6.36. The number of aryl methyl sites for hydroxylation is 1. The summed E-state index contributed by atoms with van der Waals surface area (Å²) in [4.78, 5) is 0. The Labute approximate surface area is 113 Å².